The maximum Gasteiger partial charge on any atom is 0.247 e. The fourth-order valence-corrected chi connectivity index (χ4v) is 3.57. The molecular weight excluding hydrogens is 401 g/mol. The van der Waals surface area contributed by atoms with Gasteiger partial charge in [0, 0.05) is 40.7 Å². The quantitative estimate of drug-likeness (QED) is 0.676. The Bertz CT molecular complexity index is 726. The molecule has 1 fully saturated rings. The molecule has 0 aromatic heterocycles. The van der Waals surface area contributed by atoms with Crippen molar-refractivity contribution in [3.63, 3.8) is 0 Å². The fraction of sp³-hybridized carbons (Fsp3) is 0.550. The summed E-state index contributed by atoms with van der Waals surface area (Å²) in [6, 6.07) is 4.31. The molecule has 2 rings (SSSR count). The van der Waals surface area contributed by atoms with Gasteiger partial charge in [-0.3, -0.25) is 14.4 Å². The summed E-state index contributed by atoms with van der Waals surface area (Å²) in [5.74, 6) is -0.365. The van der Waals surface area contributed by atoms with Gasteiger partial charge in [-0.1, -0.05) is 44.0 Å². The van der Waals surface area contributed by atoms with Crippen molar-refractivity contribution in [1.29, 1.82) is 0 Å². The SMILES string of the molecule is CC(C)(C)C(=O)NCCCC(=O)N1CCCC1C(=O)Nc1cc(Cl)cc(Cl)c1. The fourth-order valence-electron chi connectivity index (χ4n) is 3.04. The molecule has 1 atom stereocenters. The van der Waals surface area contributed by atoms with Crippen molar-refractivity contribution < 1.29 is 14.4 Å². The Morgan fingerprint density at radius 1 is 1.14 bits per heavy atom. The number of amides is 3. The number of anilines is 1. The second kappa shape index (κ2) is 9.61. The number of nitrogens with one attached hydrogen (secondary N) is 2. The van der Waals surface area contributed by atoms with E-state index >= 15 is 0 Å². The Labute approximate surface area is 175 Å². The molecule has 1 aromatic carbocycles. The predicted molar refractivity (Wildman–Crippen MR) is 112 cm³/mol. The lowest BCUT2D eigenvalue weighted by Crippen LogP contribution is -2.43. The first-order valence-corrected chi connectivity index (χ1v) is 10.2. The summed E-state index contributed by atoms with van der Waals surface area (Å²) >= 11 is 11.9. The molecule has 8 heteroatoms. The standard InChI is InChI=1S/C20H27Cl2N3O3/c1-20(2,3)19(28)23-8-4-7-17(26)25-9-5-6-16(25)18(27)24-15-11-13(21)10-14(22)12-15/h10-12,16H,4-9H2,1-3H3,(H,23,28)(H,24,27). The van der Waals surface area contributed by atoms with Crippen LogP contribution in [-0.4, -0.2) is 41.8 Å². The van der Waals surface area contributed by atoms with Crippen molar-refractivity contribution in [3.05, 3.63) is 28.2 Å². The summed E-state index contributed by atoms with van der Waals surface area (Å²) < 4.78 is 0. The summed E-state index contributed by atoms with van der Waals surface area (Å²) in [5, 5.41) is 6.48. The summed E-state index contributed by atoms with van der Waals surface area (Å²) in [5.41, 5.74) is 0.0532. The number of rotatable bonds is 6. The molecule has 0 spiro atoms. The zero-order chi connectivity index (χ0) is 20.9. The Balaban J connectivity index is 1.86. The molecule has 2 N–H and O–H groups in total. The molecule has 0 radical (unpaired) electrons. The molecule has 154 valence electrons. The van der Waals surface area contributed by atoms with E-state index in [0.29, 0.717) is 41.7 Å². The van der Waals surface area contributed by atoms with Gasteiger partial charge in [0.15, 0.2) is 0 Å². The largest absolute Gasteiger partial charge is 0.356 e. The van der Waals surface area contributed by atoms with Crippen molar-refractivity contribution in [1.82, 2.24) is 10.2 Å². The first-order valence-electron chi connectivity index (χ1n) is 9.42. The molecule has 1 unspecified atom stereocenters. The lowest BCUT2D eigenvalue weighted by atomic mass is 9.96. The van der Waals surface area contributed by atoms with E-state index in [1.54, 1.807) is 23.1 Å². The highest BCUT2D eigenvalue weighted by atomic mass is 35.5. The predicted octanol–water partition coefficient (Wildman–Crippen LogP) is 3.87. The van der Waals surface area contributed by atoms with Crippen LogP contribution in [0.5, 0.6) is 0 Å². The Morgan fingerprint density at radius 3 is 2.39 bits per heavy atom. The molecule has 1 aliphatic heterocycles. The first kappa shape index (κ1) is 22.5. The van der Waals surface area contributed by atoms with Gasteiger partial charge in [-0.2, -0.15) is 0 Å². The van der Waals surface area contributed by atoms with Crippen LogP contribution in [0.2, 0.25) is 10.0 Å². The first-order chi connectivity index (χ1) is 13.1. The number of carbonyl (C=O) groups excluding carboxylic acids is 3. The van der Waals surface area contributed by atoms with E-state index in [2.05, 4.69) is 10.6 Å². The van der Waals surface area contributed by atoms with Crippen LogP contribution in [0.1, 0.15) is 46.5 Å². The van der Waals surface area contributed by atoms with Crippen molar-refractivity contribution in [2.24, 2.45) is 5.41 Å². The minimum absolute atomic E-state index is 0.0430. The Morgan fingerprint density at radius 2 is 1.79 bits per heavy atom. The lowest BCUT2D eigenvalue weighted by Gasteiger charge is -2.24. The minimum atomic E-state index is -0.505. The number of hydrogen-bond acceptors (Lipinski definition) is 3. The van der Waals surface area contributed by atoms with Gasteiger partial charge in [-0.15, -0.1) is 0 Å². The van der Waals surface area contributed by atoms with Gasteiger partial charge in [-0.25, -0.2) is 0 Å². The number of halogens is 2. The maximum atomic E-state index is 12.6. The van der Waals surface area contributed by atoms with Gasteiger partial charge in [0.05, 0.1) is 0 Å². The number of likely N-dealkylation sites (tertiary alicyclic amines) is 1. The normalized spacial score (nSPS) is 16.8. The van der Waals surface area contributed by atoms with Crippen LogP contribution in [0.15, 0.2) is 18.2 Å². The summed E-state index contributed by atoms with van der Waals surface area (Å²) in [4.78, 5) is 38.7. The highest BCUT2D eigenvalue weighted by molar-refractivity contribution is 6.35. The molecule has 6 nitrogen and oxygen atoms in total. The third kappa shape index (κ3) is 6.38. The highest BCUT2D eigenvalue weighted by Crippen LogP contribution is 2.25. The van der Waals surface area contributed by atoms with Gasteiger partial charge in [0.25, 0.3) is 0 Å². The average Bonchev–Trinajstić information content (AvgIpc) is 3.06. The second-order valence-corrected chi connectivity index (χ2v) is 8.87. The van der Waals surface area contributed by atoms with Crippen LogP contribution in [0, 0.1) is 5.41 Å². The molecule has 1 aliphatic rings. The van der Waals surface area contributed by atoms with Crippen LogP contribution in [0.4, 0.5) is 5.69 Å². The second-order valence-electron chi connectivity index (χ2n) is 8.00. The Hall–Kier alpha value is -1.79. The third-order valence-electron chi connectivity index (χ3n) is 4.54. The molecule has 1 aromatic rings. The minimum Gasteiger partial charge on any atom is -0.356 e. The molecule has 0 aliphatic carbocycles. The molecule has 0 bridgehead atoms. The van der Waals surface area contributed by atoms with Crippen molar-refractivity contribution in [3.8, 4) is 0 Å². The number of nitrogens with zero attached hydrogens (tertiary/aromatic N) is 1. The zero-order valence-corrected chi connectivity index (χ0v) is 18.0. The van der Waals surface area contributed by atoms with Gasteiger partial charge in [0.1, 0.15) is 6.04 Å². The van der Waals surface area contributed by atoms with Crippen LogP contribution >= 0.6 is 23.2 Å². The van der Waals surface area contributed by atoms with E-state index in [1.807, 2.05) is 20.8 Å². The van der Waals surface area contributed by atoms with E-state index in [-0.39, 0.29) is 24.1 Å². The number of carbonyl (C=O) groups is 3. The van der Waals surface area contributed by atoms with Gasteiger partial charge in [0.2, 0.25) is 17.7 Å². The van der Waals surface area contributed by atoms with Crippen LogP contribution < -0.4 is 10.6 Å². The van der Waals surface area contributed by atoms with Crippen LogP contribution in [-0.2, 0) is 14.4 Å². The van der Waals surface area contributed by atoms with Gasteiger partial charge < -0.3 is 15.5 Å². The van der Waals surface area contributed by atoms with E-state index < -0.39 is 11.5 Å². The summed E-state index contributed by atoms with van der Waals surface area (Å²) in [7, 11) is 0. The van der Waals surface area contributed by atoms with E-state index in [0.717, 1.165) is 6.42 Å². The molecule has 1 heterocycles. The monoisotopic (exact) mass is 427 g/mol. The third-order valence-corrected chi connectivity index (χ3v) is 4.98. The van der Waals surface area contributed by atoms with Gasteiger partial charge >= 0.3 is 0 Å². The number of benzene rings is 1. The van der Waals surface area contributed by atoms with E-state index in [1.165, 1.54) is 0 Å². The van der Waals surface area contributed by atoms with Crippen molar-refractivity contribution >= 4 is 46.6 Å². The highest BCUT2D eigenvalue weighted by Gasteiger charge is 2.33. The topological polar surface area (TPSA) is 78.5 Å². The zero-order valence-electron chi connectivity index (χ0n) is 16.5. The van der Waals surface area contributed by atoms with Crippen molar-refractivity contribution in [2.45, 2.75) is 52.5 Å². The van der Waals surface area contributed by atoms with Crippen LogP contribution in [0.3, 0.4) is 0 Å². The molecular formula is C20H27Cl2N3O3. The molecule has 0 saturated carbocycles. The van der Waals surface area contributed by atoms with Gasteiger partial charge in [-0.05, 0) is 37.5 Å². The summed E-state index contributed by atoms with van der Waals surface area (Å²) in [6.07, 6.45) is 2.22. The Kier molecular flexibility index (Phi) is 7.72. The average molecular weight is 428 g/mol. The van der Waals surface area contributed by atoms with E-state index in [9.17, 15) is 14.4 Å². The van der Waals surface area contributed by atoms with Crippen molar-refractivity contribution in [2.75, 3.05) is 18.4 Å². The molecule has 1 saturated heterocycles. The van der Waals surface area contributed by atoms with Crippen LogP contribution in [0.25, 0.3) is 0 Å². The smallest absolute Gasteiger partial charge is 0.247 e. The lowest BCUT2D eigenvalue weighted by molar-refractivity contribution is -0.136. The molecule has 28 heavy (non-hydrogen) atoms. The number of hydrogen-bond donors (Lipinski definition) is 2. The molecule has 3 amide bonds. The summed E-state index contributed by atoms with van der Waals surface area (Å²) in [6.45, 7) is 6.52. The van der Waals surface area contributed by atoms with E-state index in [4.69, 9.17) is 23.2 Å². The maximum absolute atomic E-state index is 12.6.